The molecule has 1 N–H and O–H groups in total. The molecule has 2 aliphatic heterocycles. The number of benzene rings is 1. The van der Waals surface area contributed by atoms with Gasteiger partial charge in [0.05, 0.1) is 24.8 Å². The number of methoxy groups -OCH3 is 1. The molecule has 1 amide bonds. The quantitative estimate of drug-likeness (QED) is 0.477. The Morgan fingerprint density at radius 3 is 2.69 bits per heavy atom. The number of ketones is 1. The number of aliphatic hydroxyl groups excluding tert-OH is 1. The highest BCUT2D eigenvalue weighted by Crippen LogP contribution is 2.43. The predicted molar refractivity (Wildman–Crippen MR) is 105 cm³/mol. The summed E-state index contributed by atoms with van der Waals surface area (Å²) in [6, 6.07) is 9.65. The maximum Gasteiger partial charge on any atom is 0.295 e. The van der Waals surface area contributed by atoms with Crippen LogP contribution in [-0.2, 0) is 14.3 Å². The predicted octanol–water partition coefficient (Wildman–Crippen LogP) is 2.69. The Kier molecular flexibility index (Phi) is 5.31. The van der Waals surface area contributed by atoms with Gasteiger partial charge in [0.25, 0.3) is 11.7 Å². The van der Waals surface area contributed by atoms with Crippen LogP contribution in [0, 0.1) is 0 Å². The number of hydrogen-bond acceptors (Lipinski definition) is 6. The molecular formula is C22H22N2O5. The second-order valence-corrected chi connectivity index (χ2v) is 7.06. The Morgan fingerprint density at radius 1 is 1.24 bits per heavy atom. The Labute approximate surface area is 168 Å². The Hall–Kier alpha value is -3.19. The number of nitrogens with zero attached hydrogens (tertiary/aromatic N) is 2. The molecule has 4 rings (SSSR count). The fourth-order valence-electron chi connectivity index (χ4n) is 3.96. The normalized spacial score (nSPS) is 23.6. The third-order valence-corrected chi connectivity index (χ3v) is 5.35. The van der Waals surface area contributed by atoms with E-state index in [1.165, 1.54) is 24.4 Å². The van der Waals surface area contributed by atoms with E-state index in [1.54, 1.807) is 24.3 Å². The molecular weight excluding hydrogens is 372 g/mol. The topological polar surface area (TPSA) is 89.0 Å². The van der Waals surface area contributed by atoms with Crippen LogP contribution in [0.1, 0.15) is 30.0 Å². The number of carbonyl (C=O) groups excluding carboxylic acids is 2. The van der Waals surface area contributed by atoms with Gasteiger partial charge >= 0.3 is 0 Å². The Balaban J connectivity index is 1.86. The average Bonchev–Trinajstić information content (AvgIpc) is 3.36. The summed E-state index contributed by atoms with van der Waals surface area (Å²) in [5, 5.41) is 11.0. The van der Waals surface area contributed by atoms with Crippen molar-refractivity contribution in [3.63, 3.8) is 0 Å². The number of aromatic nitrogens is 1. The van der Waals surface area contributed by atoms with Gasteiger partial charge in [0.2, 0.25) is 0 Å². The van der Waals surface area contributed by atoms with Crippen molar-refractivity contribution >= 4 is 17.4 Å². The van der Waals surface area contributed by atoms with Crippen LogP contribution >= 0.6 is 0 Å². The molecule has 0 saturated carbocycles. The molecule has 0 radical (unpaired) electrons. The fourth-order valence-corrected chi connectivity index (χ4v) is 3.96. The fraction of sp³-hybridized carbons (Fsp3) is 0.318. The van der Waals surface area contributed by atoms with Crippen LogP contribution in [0.3, 0.4) is 0 Å². The molecule has 2 unspecified atom stereocenters. The van der Waals surface area contributed by atoms with Crippen LogP contribution in [-0.4, -0.2) is 53.0 Å². The van der Waals surface area contributed by atoms with Crippen molar-refractivity contribution in [2.24, 2.45) is 0 Å². The molecule has 2 aliphatic rings. The number of rotatable bonds is 5. The lowest BCUT2D eigenvalue weighted by atomic mass is 9.94. The summed E-state index contributed by atoms with van der Waals surface area (Å²) in [6.45, 7) is 0.922. The van der Waals surface area contributed by atoms with Crippen LogP contribution in [0.5, 0.6) is 5.75 Å². The number of hydrogen-bond donors (Lipinski definition) is 1. The summed E-state index contributed by atoms with van der Waals surface area (Å²) < 4.78 is 11.2. The third kappa shape index (κ3) is 3.49. The lowest BCUT2D eigenvalue weighted by Crippen LogP contribution is -2.36. The molecule has 2 fully saturated rings. The van der Waals surface area contributed by atoms with Gasteiger partial charge in [-0.2, -0.15) is 0 Å². The summed E-state index contributed by atoms with van der Waals surface area (Å²) in [5.41, 5.74) is 1.11. The number of para-hydroxylation sites is 1. The largest absolute Gasteiger partial charge is 0.507 e. The molecule has 0 spiro atoms. The number of carbonyl (C=O) groups is 2. The molecule has 2 atom stereocenters. The Morgan fingerprint density at radius 2 is 2.00 bits per heavy atom. The maximum atomic E-state index is 13.0. The van der Waals surface area contributed by atoms with E-state index < -0.39 is 17.7 Å². The molecule has 3 heterocycles. The van der Waals surface area contributed by atoms with Crippen molar-refractivity contribution in [2.75, 3.05) is 20.3 Å². The van der Waals surface area contributed by atoms with Gasteiger partial charge < -0.3 is 19.5 Å². The minimum atomic E-state index is -0.761. The summed E-state index contributed by atoms with van der Waals surface area (Å²) in [4.78, 5) is 31.4. The number of amides is 1. The first-order valence-corrected chi connectivity index (χ1v) is 9.55. The second-order valence-electron chi connectivity index (χ2n) is 7.06. The molecule has 7 nitrogen and oxygen atoms in total. The van der Waals surface area contributed by atoms with Gasteiger partial charge in [-0.15, -0.1) is 0 Å². The molecule has 1 aromatic heterocycles. The number of ether oxygens (including phenoxy) is 2. The first kappa shape index (κ1) is 19.1. The smallest absolute Gasteiger partial charge is 0.295 e. The van der Waals surface area contributed by atoms with E-state index in [0.29, 0.717) is 23.5 Å². The first-order chi connectivity index (χ1) is 14.1. The highest BCUT2D eigenvalue weighted by Gasteiger charge is 2.47. The standard InChI is InChI=1S/C22H22N2O5/c1-28-17-7-3-2-6-16(17)19-18(20(25)14-8-10-23-11-9-14)21(26)22(27)24(19)13-15-5-4-12-29-15/h2-3,6-11,15,19,25H,4-5,12-13H2,1H3/b20-18-. The molecule has 1 aromatic carbocycles. The van der Waals surface area contributed by atoms with Crippen LogP contribution < -0.4 is 4.74 Å². The summed E-state index contributed by atoms with van der Waals surface area (Å²) in [6.07, 6.45) is 4.66. The monoisotopic (exact) mass is 394 g/mol. The average molecular weight is 394 g/mol. The minimum Gasteiger partial charge on any atom is -0.507 e. The lowest BCUT2D eigenvalue weighted by molar-refractivity contribution is -0.140. The summed E-state index contributed by atoms with van der Waals surface area (Å²) >= 11 is 0. The van der Waals surface area contributed by atoms with E-state index in [-0.39, 0.29) is 24.0 Å². The van der Waals surface area contributed by atoms with Crippen molar-refractivity contribution < 1.29 is 24.2 Å². The zero-order chi connectivity index (χ0) is 20.4. The van der Waals surface area contributed by atoms with Crippen LogP contribution in [0.2, 0.25) is 0 Å². The number of Topliss-reactive ketones (excluding diaryl/α,β-unsaturated/α-hetero) is 1. The molecule has 0 bridgehead atoms. The SMILES string of the molecule is COc1ccccc1C1/C(=C(/O)c2ccncc2)C(=O)C(=O)N1CC1CCCO1. The molecule has 0 aliphatic carbocycles. The summed E-state index contributed by atoms with van der Waals surface area (Å²) in [7, 11) is 1.54. The zero-order valence-corrected chi connectivity index (χ0v) is 16.1. The van der Waals surface area contributed by atoms with E-state index in [9.17, 15) is 14.7 Å². The van der Waals surface area contributed by atoms with Crippen molar-refractivity contribution in [3.05, 3.63) is 65.5 Å². The van der Waals surface area contributed by atoms with Crippen molar-refractivity contribution in [3.8, 4) is 5.75 Å². The van der Waals surface area contributed by atoms with Crippen LogP contribution in [0.25, 0.3) is 5.76 Å². The second kappa shape index (κ2) is 8.05. The zero-order valence-electron chi connectivity index (χ0n) is 16.1. The van der Waals surface area contributed by atoms with Gasteiger partial charge in [-0.1, -0.05) is 18.2 Å². The highest BCUT2D eigenvalue weighted by molar-refractivity contribution is 6.46. The van der Waals surface area contributed by atoms with Gasteiger partial charge in [-0.3, -0.25) is 14.6 Å². The van der Waals surface area contributed by atoms with Crippen molar-refractivity contribution in [1.82, 2.24) is 9.88 Å². The maximum absolute atomic E-state index is 13.0. The number of likely N-dealkylation sites (tertiary alicyclic amines) is 1. The van der Waals surface area contributed by atoms with Gasteiger partial charge in [0.15, 0.2) is 0 Å². The van der Waals surface area contributed by atoms with E-state index in [2.05, 4.69) is 4.98 Å². The minimum absolute atomic E-state index is 0.0451. The summed E-state index contributed by atoms with van der Waals surface area (Å²) in [5.74, 6) is -1.05. The van der Waals surface area contributed by atoms with Gasteiger partial charge in [-0.05, 0) is 31.0 Å². The molecule has 2 aromatic rings. The molecule has 150 valence electrons. The lowest BCUT2D eigenvalue weighted by Gasteiger charge is -2.28. The van der Waals surface area contributed by atoms with Crippen LogP contribution in [0.4, 0.5) is 0 Å². The third-order valence-electron chi connectivity index (χ3n) is 5.35. The number of aliphatic hydroxyl groups is 1. The van der Waals surface area contributed by atoms with Crippen molar-refractivity contribution in [1.29, 1.82) is 0 Å². The van der Waals surface area contributed by atoms with E-state index in [4.69, 9.17) is 9.47 Å². The van der Waals surface area contributed by atoms with Crippen molar-refractivity contribution in [2.45, 2.75) is 25.0 Å². The molecule has 29 heavy (non-hydrogen) atoms. The van der Waals surface area contributed by atoms with E-state index >= 15 is 0 Å². The Bertz CT molecular complexity index is 951. The van der Waals surface area contributed by atoms with Crippen LogP contribution in [0.15, 0.2) is 54.4 Å². The van der Waals surface area contributed by atoms with Gasteiger partial charge in [-0.25, -0.2) is 0 Å². The first-order valence-electron chi connectivity index (χ1n) is 9.55. The molecule has 7 heteroatoms. The highest BCUT2D eigenvalue weighted by atomic mass is 16.5. The van der Waals surface area contributed by atoms with E-state index in [1.807, 2.05) is 12.1 Å². The van der Waals surface area contributed by atoms with Gasteiger partial charge in [0.1, 0.15) is 11.5 Å². The van der Waals surface area contributed by atoms with E-state index in [0.717, 1.165) is 12.8 Å². The number of pyridine rings is 1. The van der Waals surface area contributed by atoms with Gasteiger partial charge in [0, 0.05) is 36.7 Å². The molecule has 2 saturated heterocycles.